The maximum absolute atomic E-state index is 12.9. The van der Waals surface area contributed by atoms with E-state index in [9.17, 15) is 27.9 Å². The molecule has 1 aliphatic heterocycles. The largest absolute Gasteiger partial charge is 0.503 e. The fraction of sp³-hybridized carbons (Fsp3) is 0.238. The van der Waals surface area contributed by atoms with E-state index in [0.717, 1.165) is 16.6 Å². The van der Waals surface area contributed by atoms with Gasteiger partial charge >= 0.3 is 6.18 Å². The zero-order valence-electron chi connectivity index (χ0n) is 15.3. The van der Waals surface area contributed by atoms with Crippen LogP contribution in [0.25, 0.3) is 0 Å². The first-order valence-corrected chi connectivity index (χ1v) is 9.55. The van der Waals surface area contributed by atoms with Crippen LogP contribution in [0.5, 0.6) is 0 Å². The van der Waals surface area contributed by atoms with Crippen molar-refractivity contribution in [1.29, 1.82) is 0 Å². The zero-order chi connectivity index (χ0) is 21.3. The van der Waals surface area contributed by atoms with Gasteiger partial charge in [0.15, 0.2) is 11.5 Å². The molecule has 152 valence electrons. The maximum atomic E-state index is 12.9. The lowest BCUT2D eigenvalue weighted by Gasteiger charge is -2.26. The van der Waals surface area contributed by atoms with Crippen LogP contribution in [-0.4, -0.2) is 28.2 Å². The Kier molecular flexibility index (Phi) is 5.84. The van der Waals surface area contributed by atoms with Crippen molar-refractivity contribution in [1.82, 2.24) is 4.90 Å². The first kappa shape index (κ1) is 21.1. The van der Waals surface area contributed by atoms with Crippen molar-refractivity contribution in [2.24, 2.45) is 0 Å². The number of ketones is 1. The number of halogens is 4. The number of amides is 1. The molecule has 1 heterocycles. The average Bonchev–Trinajstić information content (AvgIpc) is 2.91. The third-order valence-corrected chi connectivity index (χ3v) is 5.29. The van der Waals surface area contributed by atoms with Gasteiger partial charge in [-0.3, -0.25) is 9.59 Å². The van der Waals surface area contributed by atoms with E-state index in [1.165, 1.54) is 17.9 Å². The Morgan fingerprint density at radius 1 is 1.17 bits per heavy atom. The van der Waals surface area contributed by atoms with E-state index >= 15 is 0 Å². The predicted molar refractivity (Wildman–Crippen MR) is 104 cm³/mol. The summed E-state index contributed by atoms with van der Waals surface area (Å²) >= 11 is 3.32. The Balaban J connectivity index is 1.90. The Labute approximate surface area is 173 Å². The van der Waals surface area contributed by atoms with Crippen LogP contribution < -0.4 is 0 Å². The van der Waals surface area contributed by atoms with Gasteiger partial charge < -0.3 is 10.0 Å². The highest BCUT2D eigenvalue weighted by Gasteiger charge is 2.42. The SMILES string of the molecule is CC(=O)C1=C(O)C(=O)N(CCc2cccc(C(F)(F)F)c2)C1c1ccc(Br)cc1. The van der Waals surface area contributed by atoms with Crippen molar-refractivity contribution >= 4 is 27.6 Å². The Bertz CT molecular complexity index is 983. The molecule has 0 fully saturated rings. The number of carbonyl (C=O) groups excluding carboxylic acids is 2. The smallest absolute Gasteiger partial charge is 0.416 e. The number of aliphatic hydroxyl groups is 1. The second-order valence-electron chi connectivity index (χ2n) is 6.72. The minimum absolute atomic E-state index is 0.0126. The lowest BCUT2D eigenvalue weighted by Crippen LogP contribution is -2.33. The molecule has 29 heavy (non-hydrogen) atoms. The van der Waals surface area contributed by atoms with Gasteiger partial charge in [0, 0.05) is 11.0 Å². The number of rotatable bonds is 5. The summed E-state index contributed by atoms with van der Waals surface area (Å²) in [7, 11) is 0. The van der Waals surface area contributed by atoms with Gasteiger partial charge in [-0.05, 0) is 42.7 Å². The Morgan fingerprint density at radius 2 is 1.83 bits per heavy atom. The first-order valence-electron chi connectivity index (χ1n) is 8.76. The molecule has 0 spiro atoms. The third-order valence-electron chi connectivity index (χ3n) is 4.76. The van der Waals surface area contributed by atoms with Gasteiger partial charge in [0.05, 0.1) is 17.2 Å². The van der Waals surface area contributed by atoms with E-state index in [1.54, 1.807) is 30.3 Å². The van der Waals surface area contributed by atoms with Crippen LogP contribution in [0.3, 0.4) is 0 Å². The Hall–Kier alpha value is -2.61. The molecule has 0 bridgehead atoms. The van der Waals surface area contributed by atoms with E-state index in [4.69, 9.17) is 0 Å². The molecule has 0 saturated heterocycles. The molecule has 0 aromatic heterocycles. The van der Waals surface area contributed by atoms with Crippen LogP contribution in [0.2, 0.25) is 0 Å². The van der Waals surface area contributed by atoms with Gasteiger partial charge in [0.1, 0.15) is 0 Å². The molecule has 1 amide bonds. The van der Waals surface area contributed by atoms with Crippen molar-refractivity contribution < 1.29 is 27.9 Å². The maximum Gasteiger partial charge on any atom is 0.416 e. The predicted octanol–water partition coefficient (Wildman–Crippen LogP) is 5.00. The summed E-state index contributed by atoms with van der Waals surface area (Å²) in [4.78, 5) is 26.0. The summed E-state index contributed by atoms with van der Waals surface area (Å²) in [6.45, 7) is 1.31. The van der Waals surface area contributed by atoms with Crippen LogP contribution in [-0.2, 0) is 22.2 Å². The molecule has 2 aromatic carbocycles. The monoisotopic (exact) mass is 467 g/mol. The normalized spacial score (nSPS) is 17.2. The van der Waals surface area contributed by atoms with Crippen LogP contribution in [0.4, 0.5) is 13.2 Å². The quantitative estimate of drug-likeness (QED) is 0.673. The van der Waals surface area contributed by atoms with Crippen molar-refractivity contribution in [2.75, 3.05) is 6.54 Å². The van der Waals surface area contributed by atoms with Crippen LogP contribution in [0.15, 0.2) is 64.3 Å². The number of aliphatic hydroxyl groups excluding tert-OH is 1. The van der Waals surface area contributed by atoms with Gasteiger partial charge in [0.25, 0.3) is 5.91 Å². The average molecular weight is 468 g/mol. The van der Waals surface area contributed by atoms with Gasteiger partial charge in [-0.1, -0.05) is 46.3 Å². The molecule has 0 saturated carbocycles. The number of hydrogen-bond donors (Lipinski definition) is 1. The summed E-state index contributed by atoms with van der Waals surface area (Å²) < 4.78 is 39.6. The van der Waals surface area contributed by atoms with Gasteiger partial charge in [0.2, 0.25) is 0 Å². The highest BCUT2D eigenvalue weighted by molar-refractivity contribution is 9.10. The fourth-order valence-electron chi connectivity index (χ4n) is 3.39. The van der Waals surface area contributed by atoms with Crippen molar-refractivity contribution in [3.63, 3.8) is 0 Å². The summed E-state index contributed by atoms with van der Waals surface area (Å²) in [6, 6.07) is 11.0. The molecule has 2 aromatic rings. The zero-order valence-corrected chi connectivity index (χ0v) is 16.9. The summed E-state index contributed by atoms with van der Waals surface area (Å²) in [6.07, 6.45) is -4.32. The second-order valence-corrected chi connectivity index (χ2v) is 7.63. The molecule has 1 atom stereocenters. The summed E-state index contributed by atoms with van der Waals surface area (Å²) in [5, 5.41) is 10.2. The van der Waals surface area contributed by atoms with Gasteiger partial charge in [-0.25, -0.2) is 0 Å². The van der Waals surface area contributed by atoms with Crippen molar-refractivity contribution in [3.05, 3.63) is 81.0 Å². The fourth-order valence-corrected chi connectivity index (χ4v) is 3.65. The topological polar surface area (TPSA) is 57.6 Å². The first-order chi connectivity index (χ1) is 13.6. The second kappa shape index (κ2) is 8.02. The third kappa shape index (κ3) is 4.37. The molecule has 3 rings (SSSR count). The summed E-state index contributed by atoms with van der Waals surface area (Å²) in [5.74, 6) is -1.77. The molecular formula is C21H17BrF3NO3. The molecule has 1 unspecified atom stereocenters. The number of Topliss-reactive ketones (excluding diaryl/α,β-unsaturated/α-hetero) is 1. The lowest BCUT2D eigenvalue weighted by atomic mass is 9.96. The number of carbonyl (C=O) groups is 2. The molecule has 1 N–H and O–H groups in total. The minimum atomic E-state index is -4.46. The standard InChI is InChI=1S/C21H17BrF3NO3/c1-12(27)17-18(14-5-7-16(22)8-6-14)26(20(29)19(17)28)10-9-13-3-2-4-15(11-13)21(23,24)25/h2-8,11,18,28H,9-10H2,1H3. The summed E-state index contributed by atoms with van der Waals surface area (Å²) in [5.41, 5.74) is 0.247. The van der Waals surface area contributed by atoms with E-state index in [0.29, 0.717) is 11.1 Å². The lowest BCUT2D eigenvalue weighted by molar-refractivity contribution is -0.137. The minimum Gasteiger partial charge on any atom is -0.503 e. The molecule has 0 radical (unpaired) electrons. The highest BCUT2D eigenvalue weighted by Crippen LogP contribution is 2.38. The van der Waals surface area contributed by atoms with Crippen LogP contribution in [0, 0.1) is 0 Å². The van der Waals surface area contributed by atoms with E-state index in [2.05, 4.69) is 15.9 Å². The number of hydrogen-bond acceptors (Lipinski definition) is 3. The van der Waals surface area contributed by atoms with Crippen molar-refractivity contribution in [2.45, 2.75) is 25.6 Å². The van der Waals surface area contributed by atoms with Crippen molar-refractivity contribution in [3.8, 4) is 0 Å². The van der Waals surface area contributed by atoms with Crippen LogP contribution in [0.1, 0.15) is 29.7 Å². The van der Waals surface area contributed by atoms with Gasteiger partial charge in [-0.15, -0.1) is 0 Å². The molecule has 8 heteroatoms. The van der Waals surface area contributed by atoms with E-state index in [1.807, 2.05) is 0 Å². The number of nitrogens with zero attached hydrogens (tertiary/aromatic N) is 1. The molecule has 4 nitrogen and oxygen atoms in total. The number of alkyl halides is 3. The number of benzene rings is 2. The molecule has 0 aliphatic carbocycles. The van der Waals surface area contributed by atoms with E-state index in [-0.39, 0.29) is 18.5 Å². The van der Waals surface area contributed by atoms with Gasteiger partial charge in [-0.2, -0.15) is 13.2 Å². The molecule has 1 aliphatic rings. The van der Waals surface area contributed by atoms with Crippen LogP contribution >= 0.6 is 15.9 Å². The highest BCUT2D eigenvalue weighted by atomic mass is 79.9. The Morgan fingerprint density at radius 3 is 2.41 bits per heavy atom. The van der Waals surface area contributed by atoms with E-state index < -0.39 is 35.2 Å². The molecular weight excluding hydrogens is 451 g/mol.